The van der Waals surface area contributed by atoms with Gasteiger partial charge < -0.3 is 28.4 Å². The number of rotatable bonds is 6. The lowest BCUT2D eigenvalue weighted by Crippen LogP contribution is -2.50. The minimum atomic E-state index is -0.698. The predicted molar refractivity (Wildman–Crippen MR) is 123 cm³/mol. The van der Waals surface area contributed by atoms with Crippen molar-refractivity contribution in [2.24, 2.45) is 0 Å². The largest absolute Gasteiger partial charge is 0.493 e. The lowest BCUT2D eigenvalue weighted by Gasteiger charge is -2.45. The number of carbonyl (C=O) groups is 1. The van der Waals surface area contributed by atoms with Gasteiger partial charge in [0, 0.05) is 51.4 Å². The molecular weight excluding hydrogens is 458 g/mol. The second-order valence-electron chi connectivity index (χ2n) is 8.59. The molecule has 1 aromatic heterocycles. The molecule has 3 aromatic rings. The minimum Gasteiger partial charge on any atom is -0.493 e. The second kappa shape index (κ2) is 9.22. The van der Waals surface area contributed by atoms with Crippen molar-refractivity contribution in [2.75, 3.05) is 40.5 Å². The van der Waals surface area contributed by atoms with Crippen LogP contribution in [0.1, 0.15) is 28.9 Å². The normalized spacial score (nSPS) is 15.8. The Morgan fingerprint density at radius 1 is 1.06 bits per heavy atom. The molecular formula is C26H26F2N2O5. The predicted octanol–water partition coefficient (Wildman–Crippen LogP) is 4.31. The van der Waals surface area contributed by atoms with E-state index in [2.05, 4.69) is 0 Å². The van der Waals surface area contributed by atoms with E-state index < -0.39 is 17.3 Å². The molecule has 0 radical (unpaired) electrons. The monoisotopic (exact) mass is 484 g/mol. The van der Waals surface area contributed by atoms with E-state index in [0.717, 1.165) is 17.4 Å². The summed E-state index contributed by atoms with van der Waals surface area (Å²) in [5.74, 6) is -0.549. The highest BCUT2D eigenvalue weighted by atomic mass is 19.1. The molecule has 0 saturated carbocycles. The average Bonchev–Trinajstić information content (AvgIpc) is 3.36. The molecule has 3 heterocycles. The number of nitrogens with zero attached hydrogens (tertiary/aromatic N) is 2. The zero-order valence-electron chi connectivity index (χ0n) is 19.6. The van der Waals surface area contributed by atoms with Crippen LogP contribution in [0.5, 0.6) is 17.2 Å². The molecule has 1 fully saturated rings. The summed E-state index contributed by atoms with van der Waals surface area (Å²) < 4.78 is 53.0. The molecule has 2 aromatic carbocycles. The SMILES string of the molecule is COCCOc1cc(F)c(C(=O)N2CCC3(CC2)Oc2cc(F)ccc2-n2cccc23)cc1OC. The first kappa shape index (κ1) is 23.2. The van der Waals surface area contributed by atoms with Crippen LogP contribution >= 0.6 is 0 Å². The highest BCUT2D eigenvalue weighted by molar-refractivity contribution is 5.95. The zero-order valence-corrected chi connectivity index (χ0v) is 19.6. The maximum absolute atomic E-state index is 14.9. The Kier molecular flexibility index (Phi) is 6.10. The van der Waals surface area contributed by atoms with Crippen LogP contribution in [0.25, 0.3) is 5.69 Å². The molecule has 35 heavy (non-hydrogen) atoms. The molecule has 2 aliphatic rings. The van der Waals surface area contributed by atoms with E-state index in [1.807, 2.05) is 22.9 Å². The summed E-state index contributed by atoms with van der Waals surface area (Å²) in [6.07, 6.45) is 2.89. The molecule has 9 heteroatoms. The summed E-state index contributed by atoms with van der Waals surface area (Å²) in [4.78, 5) is 14.8. The first-order valence-corrected chi connectivity index (χ1v) is 11.4. The van der Waals surface area contributed by atoms with Crippen LogP contribution < -0.4 is 14.2 Å². The van der Waals surface area contributed by atoms with Crippen molar-refractivity contribution >= 4 is 5.91 Å². The maximum atomic E-state index is 14.9. The van der Waals surface area contributed by atoms with Gasteiger partial charge in [-0.1, -0.05) is 0 Å². The number of piperidine rings is 1. The number of hydrogen-bond acceptors (Lipinski definition) is 5. The highest BCUT2D eigenvalue weighted by Gasteiger charge is 2.45. The van der Waals surface area contributed by atoms with Gasteiger partial charge in [0.1, 0.15) is 24.0 Å². The summed E-state index contributed by atoms with van der Waals surface area (Å²) in [6, 6.07) is 10.9. The van der Waals surface area contributed by atoms with Gasteiger partial charge in [0.05, 0.1) is 30.7 Å². The summed E-state index contributed by atoms with van der Waals surface area (Å²) >= 11 is 0. The molecule has 1 amide bonds. The molecule has 5 rings (SSSR count). The van der Waals surface area contributed by atoms with E-state index in [1.54, 1.807) is 18.1 Å². The smallest absolute Gasteiger partial charge is 0.256 e. The van der Waals surface area contributed by atoms with Crippen molar-refractivity contribution < 1.29 is 32.5 Å². The number of halogens is 2. The Labute approximate surface area is 201 Å². The Balaban J connectivity index is 1.35. The van der Waals surface area contributed by atoms with E-state index in [4.69, 9.17) is 18.9 Å². The quantitative estimate of drug-likeness (QED) is 0.488. The fourth-order valence-electron chi connectivity index (χ4n) is 4.80. The van der Waals surface area contributed by atoms with E-state index in [9.17, 15) is 13.6 Å². The third-order valence-corrected chi connectivity index (χ3v) is 6.59. The van der Waals surface area contributed by atoms with Gasteiger partial charge in [0.25, 0.3) is 5.91 Å². The van der Waals surface area contributed by atoms with Crippen LogP contribution in [0, 0.1) is 11.6 Å². The summed E-state index contributed by atoms with van der Waals surface area (Å²) in [6.45, 7) is 1.26. The van der Waals surface area contributed by atoms with Gasteiger partial charge in [-0.3, -0.25) is 4.79 Å². The number of aromatic nitrogens is 1. The number of fused-ring (bicyclic) bond motifs is 4. The molecule has 1 spiro atoms. The number of benzene rings is 2. The van der Waals surface area contributed by atoms with Crippen LogP contribution in [0.15, 0.2) is 48.7 Å². The van der Waals surface area contributed by atoms with E-state index >= 15 is 0 Å². The lowest BCUT2D eigenvalue weighted by atomic mass is 9.86. The van der Waals surface area contributed by atoms with Gasteiger partial charge >= 0.3 is 0 Å². The third-order valence-electron chi connectivity index (χ3n) is 6.59. The molecule has 184 valence electrons. The number of amides is 1. The van der Waals surface area contributed by atoms with Crippen LogP contribution in [0.3, 0.4) is 0 Å². The van der Waals surface area contributed by atoms with Crippen molar-refractivity contribution in [3.05, 3.63) is 71.6 Å². The molecule has 0 aliphatic carbocycles. The van der Waals surface area contributed by atoms with Gasteiger partial charge in [0.2, 0.25) is 0 Å². The van der Waals surface area contributed by atoms with Gasteiger partial charge in [0.15, 0.2) is 17.1 Å². The Bertz CT molecular complexity index is 1250. The number of methoxy groups -OCH3 is 2. The topological polar surface area (TPSA) is 62.2 Å². The number of carbonyl (C=O) groups excluding carboxylic acids is 1. The highest BCUT2D eigenvalue weighted by Crippen LogP contribution is 2.45. The number of likely N-dealkylation sites (tertiary alicyclic amines) is 1. The molecule has 0 N–H and O–H groups in total. The van der Waals surface area contributed by atoms with Crippen LogP contribution in [-0.2, 0) is 10.3 Å². The van der Waals surface area contributed by atoms with E-state index in [-0.39, 0.29) is 29.5 Å². The Hall–Kier alpha value is -3.59. The number of ether oxygens (including phenoxy) is 4. The first-order valence-electron chi connectivity index (χ1n) is 11.4. The fourth-order valence-corrected chi connectivity index (χ4v) is 4.80. The van der Waals surface area contributed by atoms with E-state index in [0.29, 0.717) is 38.3 Å². The number of hydrogen-bond donors (Lipinski definition) is 0. The standard InChI is InChI=1S/C26H26F2N2O5/c1-32-12-13-34-23-16-19(28)18(15-22(23)33-2)25(31)29-10-7-26(8-11-29)24-4-3-9-30(24)20-6-5-17(27)14-21(20)35-26/h3-6,9,14-16H,7-8,10-13H2,1-2H3. The van der Waals surface area contributed by atoms with Gasteiger partial charge in [-0.05, 0) is 30.3 Å². The summed E-state index contributed by atoms with van der Waals surface area (Å²) in [5, 5.41) is 0. The van der Waals surface area contributed by atoms with Crippen molar-refractivity contribution in [1.82, 2.24) is 9.47 Å². The van der Waals surface area contributed by atoms with Gasteiger partial charge in [-0.2, -0.15) is 0 Å². The van der Waals surface area contributed by atoms with Gasteiger partial charge in [-0.15, -0.1) is 0 Å². The van der Waals surface area contributed by atoms with Crippen LogP contribution in [0.4, 0.5) is 8.78 Å². The van der Waals surface area contributed by atoms with Gasteiger partial charge in [-0.25, -0.2) is 8.78 Å². The van der Waals surface area contributed by atoms with Crippen molar-refractivity contribution in [3.63, 3.8) is 0 Å². The van der Waals surface area contributed by atoms with Crippen molar-refractivity contribution in [3.8, 4) is 22.9 Å². The van der Waals surface area contributed by atoms with Crippen LogP contribution in [0.2, 0.25) is 0 Å². The fraction of sp³-hybridized carbons (Fsp3) is 0.346. The molecule has 1 saturated heterocycles. The summed E-state index contributed by atoms with van der Waals surface area (Å²) in [7, 11) is 2.98. The molecule has 2 aliphatic heterocycles. The van der Waals surface area contributed by atoms with E-state index in [1.165, 1.54) is 25.3 Å². The van der Waals surface area contributed by atoms with Crippen molar-refractivity contribution in [1.29, 1.82) is 0 Å². The molecule has 0 atom stereocenters. The maximum Gasteiger partial charge on any atom is 0.256 e. The molecule has 7 nitrogen and oxygen atoms in total. The Morgan fingerprint density at radius 3 is 2.60 bits per heavy atom. The molecule has 0 unspecified atom stereocenters. The minimum absolute atomic E-state index is 0.0859. The lowest BCUT2D eigenvalue weighted by molar-refractivity contribution is -0.00961. The first-order chi connectivity index (χ1) is 17.0. The van der Waals surface area contributed by atoms with Crippen LogP contribution in [-0.4, -0.2) is 55.9 Å². The average molecular weight is 484 g/mol. The third kappa shape index (κ3) is 4.10. The summed E-state index contributed by atoms with van der Waals surface area (Å²) in [5.41, 5.74) is 0.944. The zero-order chi connectivity index (χ0) is 24.6. The second-order valence-corrected chi connectivity index (χ2v) is 8.59. The molecule has 0 bridgehead atoms. The Morgan fingerprint density at radius 2 is 1.86 bits per heavy atom. The van der Waals surface area contributed by atoms with Crippen molar-refractivity contribution in [2.45, 2.75) is 18.4 Å².